The number of para-hydroxylation sites is 1. The maximum absolute atomic E-state index is 12.8. The van der Waals surface area contributed by atoms with Gasteiger partial charge in [0.1, 0.15) is 0 Å². The summed E-state index contributed by atoms with van der Waals surface area (Å²) in [6.07, 6.45) is 2.65. The summed E-state index contributed by atoms with van der Waals surface area (Å²) < 4.78 is 7.53. The van der Waals surface area contributed by atoms with E-state index < -0.39 is 0 Å². The van der Waals surface area contributed by atoms with Gasteiger partial charge in [-0.15, -0.1) is 11.3 Å². The number of nitrogens with zero attached hydrogens (tertiary/aromatic N) is 2. The van der Waals surface area contributed by atoms with E-state index in [1.54, 1.807) is 11.3 Å². The number of carbonyl (C=O) groups excluding carboxylic acids is 1. The summed E-state index contributed by atoms with van der Waals surface area (Å²) in [5.41, 5.74) is 2.43. The van der Waals surface area contributed by atoms with E-state index in [-0.39, 0.29) is 11.8 Å². The Morgan fingerprint density at radius 2 is 2.04 bits per heavy atom. The molecule has 3 heterocycles. The zero-order valence-corrected chi connectivity index (χ0v) is 17.1. The number of thiophene rings is 1. The van der Waals surface area contributed by atoms with Crippen LogP contribution in [0.25, 0.3) is 10.9 Å². The highest BCUT2D eigenvalue weighted by Crippen LogP contribution is 2.36. The lowest BCUT2D eigenvalue weighted by Gasteiger charge is -2.26. The number of rotatable bonds is 7. The molecule has 5 nitrogen and oxygen atoms in total. The van der Waals surface area contributed by atoms with Crippen molar-refractivity contribution in [3.8, 4) is 0 Å². The fourth-order valence-corrected chi connectivity index (χ4v) is 4.79. The molecule has 1 amide bonds. The van der Waals surface area contributed by atoms with Crippen LogP contribution in [0.4, 0.5) is 0 Å². The van der Waals surface area contributed by atoms with Crippen LogP contribution in [-0.2, 0) is 16.6 Å². The normalized spacial score (nSPS) is 16.3. The number of morpholine rings is 1. The Morgan fingerprint density at radius 3 is 2.82 bits per heavy atom. The Kier molecular flexibility index (Phi) is 6.10. The maximum Gasteiger partial charge on any atom is 0.221 e. The highest BCUT2D eigenvalue weighted by Gasteiger charge is 2.23. The van der Waals surface area contributed by atoms with E-state index in [2.05, 4.69) is 69.8 Å². The van der Waals surface area contributed by atoms with Crippen molar-refractivity contribution in [2.45, 2.75) is 12.3 Å². The van der Waals surface area contributed by atoms with Gasteiger partial charge in [0.25, 0.3) is 0 Å². The first-order valence-electron chi connectivity index (χ1n) is 9.86. The quantitative estimate of drug-likeness (QED) is 0.666. The molecule has 1 N–H and O–H groups in total. The molecule has 0 bridgehead atoms. The van der Waals surface area contributed by atoms with Gasteiger partial charge in [-0.25, -0.2) is 0 Å². The highest BCUT2D eigenvalue weighted by atomic mass is 32.1. The van der Waals surface area contributed by atoms with Gasteiger partial charge in [0, 0.05) is 67.5 Å². The predicted octanol–water partition coefficient (Wildman–Crippen LogP) is 3.21. The minimum atomic E-state index is 0.0782. The van der Waals surface area contributed by atoms with Crippen molar-refractivity contribution >= 4 is 28.1 Å². The third kappa shape index (κ3) is 4.29. The molecule has 6 heteroatoms. The van der Waals surface area contributed by atoms with Gasteiger partial charge in [-0.05, 0) is 23.1 Å². The predicted molar refractivity (Wildman–Crippen MR) is 114 cm³/mol. The molecular weight excluding hydrogens is 370 g/mol. The third-order valence-corrected chi connectivity index (χ3v) is 6.42. The van der Waals surface area contributed by atoms with Crippen molar-refractivity contribution in [2.24, 2.45) is 7.05 Å². The summed E-state index contributed by atoms with van der Waals surface area (Å²) in [6.45, 7) is 5.04. The highest BCUT2D eigenvalue weighted by molar-refractivity contribution is 7.10. The smallest absolute Gasteiger partial charge is 0.221 e. The summed E-state index contributed by atoms with van der Waals surface area (Å²) in [5, 5.41) is 6.44. The number of ether oxygens (including phenoxy) is 1. The van der Waals surface area contributed by atoms with Crippen LogP contribution in [0.5, 0.6) is 0 Å². The average Bonchev–Trinajstić information content (AvgIpc) is 3.36. The zero-order chi connectivity index (χ0) is 19.3. The number of nitrogens with one attached hydrogen (secondary N) is 1. The lowest BCUT2D eigenvalue weighted by molar-refractivity contribution is -0.121. The van der Waals surface area contributed by atoms with Crippen LogP contribution in [0.3, 0.4) is 0 Å². The van der Waals surface area contributed by atoms with Gasteiger partial charge in [0.2, 0.25) is 5.91 Å². The van der Waals surface area contributed by atoms with Gasteiger partial charge in [-0.3, -0.25) is 9.69 Å². The molecule has 1 unspecified atom stereocenters. The second-order valence-corrected chi connectivity index (χ2v) is 8.27. The van der Waals surface area contributed by atoms with E-state index in [1.807, 2.05) is 0 Å². The van der Waals surface area contributed by atoms with E-state index in [0.29, 0.717) is 13.0 Å². The van der Waals surface area contributed by atoms with Crippen LogP contribution in [0.15, 0.2) is 48.0 Å². The van der Waals surface area contributed by atoms with Gasteiger partial charge < -0.3 is 14.6 Å². The molecule has 0 spiro atoms. The second kappa shape index (κ2) is 8.90. The molecule has 1 fully saturated rings. The Morgan fingerprint density at radius 1 is 1.21 bits per heavy atom. The first kappa shape index (κ1) is 19.2. The van der Waals surface area contributed by atoms with Gasteiger partial charge in [0.15, 0.2) is 0 Å². The first-order valence-corrected chi connectivity index (χ1v) is 10.7. The van der Waals surface area contributed by atoms with Gasteiger partial charge in [-0.1, -0.05) is 24.3 Å². The van der Waals surface area contributed by atoms with E-state index >= 15 is 0 Å². The van der Waals surface area contributed by atoms with E-state index in [1.165, 1.54) is 21.3 Å². The SMILES string of the molecule is Cn1cc(C(CC(=O)NCCN2CCOCC2)c2cccs2)c2ccccc21. The summed E-state index contributed by atoms with van der Waals surface area (Å²) in [4.78, 5) is 16.3. The molecule has 0 radical (unpaired) electrons. The van der Waals surface area contributed by atoms with Gasteiger partial charge >= 0.3 is 0 Å². The summed E-state index contributed by atoms with van der Waals surface area (Å²) in [7, 11) is 2.07. The van der Waals surface area contributed by atoms with Crippen LogP contribution in [0.2, 0.25) is 0 Å². The molecular formula is C22H27N3O2S. The Bertz CT molecular complexity index is 913. The number of carbonyl (C=O) groups is 1. The molecule has 0 aliphatic carbocycles. The van der Waals surface area contributed by atoms with E-state index in [9.17, 15) is 4.79 Å². The van der Waals surface area contributed by atoms with Crippen LogP contribution < -0.4 is 5.32 Å². The number of hydrogen-bond acceptors (Lipinski definition) is 4. The Balaban J connectivity index is 1.47. The molecule has 1 saturated heterocycles. The molecule has 148 valence electrons. The van der Waals surface area contributed by atoms with Crippen molar-refractivity contribution in [2.75, 3.05) is 39.4 Å². The van der Waals surface area contributed by atoms with Crippen molar-refractivity contribution < 1.29 is 9.53 Å². The lowest BCUT2D eigenvalue weighted by atomic mass is 9.93. The Labute approximate surface area is 169 Å². The van der Waals surface area contributed by atoms with Crippen molar-refractivity contribution in [3.63, 3.8) is 0 Å². The number of aromatic nitrogens is 1. The summed E-state index contributed by atoms with van der Waals surface area (Å²) in [5.74, 6) is 0.189. The summed E-state index contributed by atoms with van der Waals surface area (Å²) in [6, 6.07) is 12.6. The number of fused-ring (bicyclic) bond motifs is 1. The molecule has 1 atom stereocenters. The molecule has 0 saturated carbocycles. The maximum atomic E-state index is 12.8. The van der Waals surface area contributed by atoms with Crippen LogP contribution >= 0.6 is 11.3 Å². The summed E-state index contributed by atoms with van der Waals surface area (Å²) >= 11 is 1.72. The number of hydrogen-bond donors (Lipinski definition) is 1. The molecule has 3 aromatic rings. The first-order chi connectivity index (χ1) is 13.7. The van der Waals surface area contributed by atoms with Crippen molar-refractivity contribution in [3.05, 3.63) is 58.4 Å². The average molecular weight is 398 g/mol. The monoisotopic (exact) mass is 397 g/mol. The molecule has 28 heavy (non-hydrogen) atoms. The fraction of sp³-hybridized carbons (Fsp3) is 0.409. The standard InChI is InChI=1S/C22H27N3O2S/c1-24-16-19(17-5-2-3-6-20(17)24)18(21-7-4-14-28-21)15-22(26)23-8-9-25-10-12-27-13-11-25/h2-7,14,16,18H,8-13,15H2,1H3,(H,23,26). The van der Waals surface area contributed by atoms with Crippen molar-refractivity contribution in [1.82, 2.24) is 14.8 Å². The minimum Gasteiger partial charge on any atom is -0.379 e. The number of benzene rings is 1. The van der Waals surface area contributed by atoms with E-state index in [0.717, 1.165) is 32.8 Å². The molecule has 1 aromatic carbocycles. The lowest BCUT2D eigenvalue weighted by Crippen LogP contribution is -2.41. The van der Waals surface area contributed by atoms with Gasteiger partial charge in [-0.2, -0.15) is 0 Å². The topological polar surface area (TPSA) is 46.5 Å². The van der Waals surface area contributed by atoms with E-state index in [4.69, 9.17) is 4.74 Å². The van der Waals surface area contributed by atoms with Crippen molar-refractivity contribution in [1.29, 1.82) is 0 Å². The molecule has 2 aromatic heterocycles. The number of amides is 1. The fourth-order valence-electron chi connectivity index (χ4n) is 3.94. The third-order valence-electron chi connectivity index (χ3n) is 5.43. The van der Waals surface area contributed by atoms with Crippen LogP contribution in [0.1, 0.15) is 22.8 Å². The Hall–Kier alpha value is -2.15. The molecule has 4 rings (SSSR count). The van der Waals surface area contributed by atoms with Crippen LogP contribution in [0, 0.1) is 0 Å². The van der Waals surface area contributed by atoms with Gasteiger partial charge in [0.05, 0.1) is 13.2 Å². The van der Waals surface area contributed by atoms with Crippen LogP contribution in [-0.4, -0.2) is 54.8 Å². The molecule has 1 aliphatic rings. The minimum absolute atomic E-state index is 0.0782. The number of aryl methyl sites for hydroxylation is 1. The molecule has 1 aliphatic heterocycles. The second-order valence-electron chi connectivity index (χ2n) is 7.29. The largest absolute Gasteiger partial charge is 0.379 e. The zero-order valence-electron chi connectivity index (χ0n) is 16.3.